The standard InChI is InChI=1S/C23H21N7O3/c31-23(17-8-9-19(20(14-17)30(32)33)28-12-10-24-15-28)25-18-6-4-5-16(13-18)22-27-26-21-7-2-1-3-11-29(21)22/h4-6,8-10,12-15H,1-3,7,11H2,(H,25,31). The molecule has 5 rings (SSSR count). The number of hydrogen-bond donors (Lipinski definition) is 1. The quantitative estimate of drug-likeness (QED) is 0.367. The Morgan fingerprint density at radius 3 is 2.82 bits per heavy atom. The first-order chi connectivity index (χ1) is 16.1. The molecule has 166 valence electrons. The van der Waals surface area contributed by atoms with Crippen LogP contribution in [0.2, 0.25) is 0 Å². The highest BCUT2D eigenvalue weighted by atomic mass is 16.6. The first kappa shape index (κ1) is 20.6. The van der Waals surface area contributed by atoms with Crippen LogP contribution in [-0.2, 0) is 13.0 Å². The summed E-state index contributed by atoms with van der Waals surface area (Å²) in [6, 6.07) is 11.8. The van der Waals surface area contributed by atoms with Crippen molar-refractivity contribution in [2.45, 2.75) is 32.2 Å². The molecule has 0 bridgehead atoms. The van der Waals surface area contributed by atoms with Crippen LogP contribution in [0.25, 0.3) is 17.1 Å². The van der Waals surface area contributed by atoms with E-state index in [1.54, 1.807) is 18.3 Å². The van der Waals surface area contributed by atoms with Crippen molar-refractivity contribution in [3.8, 4) is 17.1 Å². The molecule has 0 unspecified atom stereocenters. The third-order valence-corrected chi connectivity index (χ3v) is 5.71. The molecule has 2 aromatic carbocycles. The van der Waals surface area contributed by atoms with Gasteiger partial charge in [0.25, 0.3) is 11.6 Å². The summed E-state index contributed by atoms with van der Waals surface area (Å²) >= 11 is 0. The zero-order valence-corrected chi connectivity index (χ0v) is 17.7. The lowest BCUT2D eigenvalue weighted by atomic mass is 10.1. The minimum Gasteiger partial charge on any atom is -0.322 e. The Balaban J connectivity index is 1.41. The summed E-state index contributed by atoms with van der Waals surface area (Å²) in [6.07, 6.45) is 8.90. The molecular formula is C23H21N7O3. The van der Waals surface area contributed by atoms with Gasteiger partial charge < -0.3 is 14.5 Å². The van der Waals surface area contributed by atoms with Gasteiger partial charge in [-0.3, -0.25) is 14.9 Å². The Kier molecular flexibility index (Phi) is 5.39. The van der Waals surface area contributed by atoms with Crippen LogP contribution >= 0.6 is 0 Å². The number of aryl methyl sites for hydroxylation is 1. The van der Waals surface area contributed by atoms with E-state index in [4.69, 9.17) is 0 Å². The molecule has 10 heteroatoms. The lowest BCUT2D eigenvalue weighted by Gasteiger charge is -2.10. The lowest BCUT2D eigenvalue weighted by molar-refractivity contribution is -0.384. The molecule has 4 aromatic rings. The molecule has 2 aromatic heterocycles. The number of hydrogen-bond acceptors (Lipinski definition) is 6. The SMILES string of the molecule is O=C(Nc1cccc(-c2nnc3n2CCCCC3)c1)c1ccc(-n2ccnc2)c([N+](=O)[O-])c1. The van der Waals surface area contributed by atoms with Gasteiger partial charge in [-0.25, -0.2) is 4.98 Å². The summed E-state index contributed by atoms with van der Waals surface area (Å²) in [5.41, 5.74) is 1.77. The number of benzene rings is 2. The van der Waals surface area contributed by atoms with Gasteiger partial charge in [0, 0.05) is 48.2 Å². The average molecular weight is 443 g/mol. The van der Waals surface area contributed by atoms with E-state index in [2.05, 4.69) is 25.1 Å². The molecular weight excluding hydrogens is 422 g/mol. The number of aromatic nitrogens is 5. The van der Waals surface area contributed by atoms with E-state index >= 15 is 0 Å². The van der Waals surface area contributed by atoms with Crippen LogP contribution in [-0.4, -0.2) is 35.1 Å². The molecule has 0 saturated carbocycles. The molecule has 1 amide bonds. The number of fused-ring (bicyclic) bond motifs is 1. The first-order valence-corrected chi connectivity index (χ1v) is 10.7. The van der Waals surface area contributed by atoms with Crippen LogP contribution in [0.5, 0.6) is 0 Å². The first-order valence-electron chi connectivity index (χ1n) is 10.7. The highest BCUT2D eigenvalue weighted by Crippen LogP contribution is 2.27. The van der Waals surface area contributed by atoms with E-state index in [1.807, 2.05) is 18.2 Å². The largest absolute Gasteiger partial charge is 0.322 e. The third-order valence-electron chi connectivity index (χ3n) is 5.71. The molecule has 1 aliphatic rings. The van der Waals surface area contributed by atoms with Crippen molar-refractivity contribution >= 4 is 17.3 Å². The van der Waals surface area contributed by atoms with Gasteiger partial charge in [0.05, 0.1) is 11.3 Å². The number of amides is 1. The monoisotopic (exact) mass is 443 g/mol. The fourth-order valence-corrected chi connectivity index (χ4v) is 4.07. The molecule has 0 saturated heterocycles. The Labute approximate surface area is 189 Å². The van der Waals surface area contributed by atoms with Gasteiger partial charge in [-0.1, -0.05) is 18.6 Å². The van der Waals surface area contributed by atoms with E-state index in [-0.39, 0.29) is 11.3 Å². The molecule has 0 fully saturated rings. The Morgan fingerprint density at radius 1 is 1.09 bits per heavy atom. The fourth-order valence-electron chi connectivity index (χ4n) is 4.07. The summed E-state index contributed by atoms with van der Waals surface area (Å²) in [4.78, 5) is 27.9. The second-order valence-electron chi connectivity index (χ2n) is 7.87. The molecule has 1 aliphatic heterocycles. The highest BCUT2D eigenvalue weighted by Gasteiger charge is 2.20. The van der Waals surface area contributed by atoms with Gasteiger partial charge in [-0.2, -0.15) is 0 Å². The zero-order chi connectivity index (χ0) is 22.8. The van der Waals surface area contributed by atoms with E-state index in [0.717, 1.165) is 43.0 Å². The van der Waals surface area contributed by atoms with Crippen LogP contribution in [0.1, 0.15) is 35.4 Å². The summed E-state index contributed by atoms with van der Waals surface area (Å²) in [7, 11) is 0. The maximum atomic E-state index is 12.9. The minimum atomic E-state index is -0.510. The summed E-state index contributed by atoms with van der Waals surface area (Å²) in [6.45, 7) is 0.876. The van der Waals surface area contributed by atoms with Gasteiger partial charge in [-0.15, -0.1) is 10.2 Å². The van der Waals surface area contributed by atoms with Gasteiger partial charge >= 0.3 is 0 Å². The molecule has 0 aliphatic carbocycles. The van der Waals surface area contributed by atoms with Crippen molar-refractivity contribution in [2.75, 3.05) is 5.32 Å². The third kappa shape index (κ3) is 4.10. The van der Waals surface area contributed by atoms with Crippen molar-refractivity contribution in [2.24, 2.45) is 0 Å². The van der Waals surface area contributed by atoms with Crippen LogP contribution in [0.15, 0.2) is 61.2 Å². The highest BCUT2D eigenvalue weighted by molar-refractivity contribution is 6.05. The molecule has 0 spiro atoms. The van der Waals surface area contributed by atoms with Crippen LogP contribution < -0.4 is 5.32 Å². The van der Waals surface area contributed by atoms with Gasteiger partial charge in [-0.05, 0) is 37.1 Å². The van der Waals surface area contributed by atoms with E-state index < -0.39 is 10.8 Å². The maximum Gasteiger partial charge on any atom is 0.294 e. The Morgan fingerprint density at radius 2 is 2.00 bits per heavy atom. The molecule has 3 heterocycles. The summed E-state index contributed by atoms with van der Waals surface area (Å²) in [5, 5.41) is 23.1. The van der Waals surface area contributed by atoms with Crippen molar-refractivity contribution < 1.29 is 9.72 Å². The molecule has 33 heavy (non-hydrogen) atoms. The van der Waals surface area contributed by atoms with Crippen molar-refractivity contribution in [3.05, 3.63) is 82.7 Å². The molecule has 0 radical (unpaired) electrons. The summed E-state index contributed by atoms with van der Waals surface area (Å²) < 4.78 is 3.68. The van der Waals surface area contributed by atoms with Crippen molar-refractivity contribution in [1.82, 2.24) is 24.3 Å². The number of nitrogens with one attached hydrogen (secondary N) is 1. The van der Waals surface area contributed by atoms with E-state index in [0.29, 0.717) is 11.4 Å². The Hall–Kier alpha value is -4.34. The van der Waals surface area contributed by atoms with E-state index in [9.17, 15) is 14.9 Å². The van der Waals surface area contributed by atoms with Crippen LogP contribution in [0.4, 0.5) is 11.4 Å². The molecule has 1 N–H and O–H groups in total. The van der Waals surface area contributed by atoms with E-state index in [1.165, 1.54) is 35.6 Å². The number of imidazole rings is 1. The number of rotatable bonds is 5. The van der Waals surface area contributed by atoms with Crippen LogP contribution in [0.3, 0.4) is 0 Å². The Bertz CT molecular complexity index is 1330. The molecule has 0 atom stereocenters. The zero-order valence-electron chi connectivity index (χ0n) is 17.7. The predicted octanol–water partition coefficient (Wildman–Crippen LogP) is 4.02. The van der Waals surface area contributed by atoms with Crippen molar-refractivity contribution in [3.63, 3.8) is 0 Å². The number of anilines is 1. The lowest BCUT2D eigenvalue weighted by Crippen LogP contribution is -2.13. The average Bonchev–Trinajstić information content (AvgIpc) is 3.44. The fraction of sp³-hybridized carbons (Fsp3) is 0.217. The number of nitro groups is 1. The normalized spacial score (nSPS) is 13.2. The number of carbonyl (C=O) groups is 1. The van der Waals surface area contributed by atoms with Gasteiger partial charge in [0.1, 0.15) is 11.5 Å². The molecule has 10 nitrogen and oxygen atoms in total. The second kappa shape index (κ2) is 8.65. The topological polar surface area (TPSA) is 121 Å². The predicted molar refractivity (Wildman–Crippen MR) is 121 cm³/mol. The number of carbonyl (C=O) groups excluding carboxylic acids is 1. The van der Waals surface area contributed by atoms with Crippen molar-refractivity contribution in [1.29, 1.82) is 0 Å². The summed E-state index contributed by atoms with van der Waals surface area (Å²) in [5.74, 6) is 1.33. The van der Waals surface area contributed by atoms with Gasteiger partial charge in [0.15, 0.2) is 5.82 Å². The minimum absolute atomic E-state index is 0.180. The number of nitrogens with zero attached hydrogens (tertiary/aromatic N) is 6. The van der Waals surface area contributed by atoms with Crippen LogP contribution in [0, 0.1) is 10.1 Å². The second-order valence-corrected chi connectivity index (χ2v) is 7.87. The number of nitro benzene ring substituents is 1. The maximum absolute atomic E-state index is 12.9. The van der Waals surface area contributed by atoms with Gasteiger partial charge in [0.2, 0.25) is 0 Å². The smallest absolute Gasteiger partial charge is 0.294 e.